The number of aromatic carboxylic acids is 1. The number of carbonyl (C=O) groups is 1. The molecule has 0 saturated heterocycles. The molecule has 2 aliphatic rings. The van der Waals surface area contributed by atoms with E-state index in [9.17, 15) is 13.2 Å². The van der Waals surface area contributed by atoms with Crippen LogP contribution in [0.15, 0.2) is 18.2 Å². The average molecular weight is 309 g/mol. The van der Waals surface area contributed by atoms with Crippen LogP contribution in [0, 0.1) is 0 Å². The van der Waals surface area contributed by atoms with E-state index in [4.69, 9.17) is 5.11 Å². The molecule has 1 saturated carbocycles. The lowest BCUT2D eigenvalue weighted by Gasteiger charge is -2.30. The summed E-state index contributed by atoms with van der Waals surface area (Å²) in [5.41, 5.74) is 2.09. The number of carboxylic acid groups (broad SMARTS) is 1. The minimum atomic E-state index is -3.25. The maximum Gasteiger partial charge on any atom is 0.335 e. The molecule has 114 valence electrons. The fraction of sp³-hybridized carbons (Fsp3) is 0.533. The van der Waals surface area contributed by atoms with Gasteiger partial charge in [0.05, 0.1) is 10.8 Å². The molecule has 0 bridgehead atoms. The van der Waals surface area contributed by atoms with Gasteiger partial charge in [0.25, 0.3) is 0 Å². The summed E-state index contributed by atoms with van der Waals surface area (Å²) in [6.45, 7) is 0.799. The highest BCUT2D eigenvalue weighted by atomic mass is 32.2. The van der Waals surface area contributed by atoms with Crippen molar-refractivity contribution in [2.75, 3.05) is 6.54 Å². The van der Waals surface area contributed by atoms with Crippen LogP contribution >= 0.6 is 0 Å². The van der Waals surface area contributed by atoms with E-state index >= 15 is 0 Å². The Labute approximate surface area is 124 Å². The number of nitrogens with zero attached hydrogens (tertiary/aromatic N) is 1. The Morgan fingerprint density at radius 3 is 2.57 bits per heavy atom. The first kappa shape index (κ1) is 14.5. The minimum absolute atomic E-state index is 0.217. The first-order chi connectivity index (χ1) is 9.98. The SMILES string of the molecule is O=C(O)c1ccc2c(c1)CN(S(=O)(=O)C1CCCC1)CC2. The maximum atomic E-state index is 12.6. The van der Waals surface area contributed by atoms with E-state index in [2.05, 4.69) is 0 Å². The van der Waals surface area contributed by atoms with Gasteiger partial charge in [0.1, 0.15) is 0 Å². The van der Waals surface area contributed by atoms with Gasteiger partial charge in [-0.25, -0.2) is 13.2 Å². The Hall–Kier alpha value is -1.40. The molecular weight excluding hydrogens is 290 g/mol. The Morgan fingerprint density at radius 2 is 1.90 bits per heavy atom. The third-order valence-corrected chi connectivity index (χ3v) is 6.86. The predicted octanol–water partition coefficient (Wildman–Crippen LogP) is 2.02. The maximum absolute atomic E-state index is 12.6. The van der Waals surface area contributed by atoms with E-state index in [1.54, 1.807) is 18.2 Å². The molecule has 0 atom stereocenters. The molecule has 6 heteroatoms. The zero-order valence-electron chi connectivity index (χ0n) is 11.8. The Balaban J connectivity index is 1.86. The zero-order chi connectivity index (χ0) is 15.0. The van der Waals surface area contributed by atoms with Crippen molar-refractivity contribution < 1.29 is 18.3 Å². The number of benzene rings is 1. The van der Waals surface area contributed by atoms with Crippen molar-refractivity contribution in [2.45, 2.75) is 43.9 Å². The number of fused-ring (bicyclic) bond motifs is 1. The molecule has 0 spiro atoms. The van der Waals surface area contributed by atoms with Crippen molar-refractivity contribution in [1.82, 2.24) is 4.31 Å². The number of hydrogen-bond acceptors (Lipinski definition) is 3. The third-order valence-electron chi connectivity index (χ3n) is 4.51. The molecule has 0 amide bonds. The van der Waals surface area contributed by atoms with Crippen molar-refractivity contribution in [1.29, 1.82) is 0 Å². The minimum Gasteiger partial charge on any atom is -0.478 e. The van der Waals surface area contributed by atoms with Gasteiger partial charge in [0.2, 0.25) is 10.0 Å². The Kier molecular flexibility index (Phi) is 3.75. The van der Waals surface area contributed by atoms with E-state index in [-0.39, 0.29) is 10.8 Å². The first-order valence-electron chi connectivity index (χ1n) is 7.32. The molecule has 1 aliphatic carbocycles. The fourth-order valence-electron chi connectivity index (χ4n) is 3.28. The summed E-state index contributed by atoms with van der Waals surface area (Å²) in [4.78, 5) is 11.0. The van der Waals surface area contributed by atoms with Crippen LogP contribution in [0.1, 0.15) is 47.2 Å². The molecular formula is C15H19NO4S. The number of rotatable bonds is 3. The van der Waals surface area contributed by atoms with Crippen molar-refractivity contribution in [2.24, 2.45) is 0 Å². The standard InChI is InChI=1S/C15H19NO4S/c17-15(18)12-6-5-11-7-8-16(10-13(11)9-12)21(19,20)14-3-1-2-4-14/h5-6,9,14H,1-4,7-8,10H2,(H,17,18). The highest BCUT2D eigenvalue weighted by Gasteiger charge is 2.35. The molecule has 3 rings (SSSR count). The fourth-order valence-corrected chi connectivity index (χ4v) is 5.29. The predicted molar refractivity (Wildman–Crippen MR) is 78.7 cm³/mol. The molecule has 21 heavy (non-hydrogen) atoms. The van der Waals surface area contributed by atoms with Gasteiger partial charge in [-0.3, -0.25) is 0 Å². The molecule has 1 aromatic carbocycles. The lowest BCUT2D eigenvalue weighted by atomic mass is 9.99. The highest BCUT2D eigenvalue weighted by molar-refractivity contribution is 7.89. The molecule has 1 aromatic rings. The van der Waals surface area contributed by atoms with Gasteiger partial charge in [-0.05, 0) is 42.5 Å². The zero-order valence-corrected chi connectivity index (χ0v) is 12.6. The van der Waals surface area contributed by atoms with E-state index in [1.807, 2.05) is 0 Å². The van der Waals surface area contributed by atoms with Crippen LogP contribution in [-0.2, 0) is 23.0 Å². The van der Waals surface area contributed by atoms with Gasteiger partial charge in [-0.2, -0.15) is 4.31 Å². The summed E-state index contributed by atoms with van der Waals surface area (Å²) in [7, 11) is -3.25. The summed E-state index contributed by atoms with van der Waals surface area (Å²) >= 11 is 0. The van der Waals surface area contributed by atoms with Crippen LogP contribution in [-0.4, -0.2) is 35.6 Å². The summed E-state index contributed by atoms with van der Waals surface area (Å²) in [6, 6.07) is 4.99. The molecule has 0 radical (unpaired) electrons. The second-order valence-electron chi connectivity index (χ2n) is 5.82. The summed E-state index contributed by atoms with van der Waals surface area (Å²) in [5.74, 6) is -0.978. The molecule has 0 aromatic heterocycles. The smallest absolute Gasteiger partial charge is 0.335 e. The average Bonchev–Trinajstić information content (AvgIpc) is 3.01. The van der Waals surface area contributed by atoms with Gasteiger partial charge in [0, 0.05) is 13.1 Å². The molecule has 1 N–H and O–H groups in total. The van der Waals surface area contributed by atoms with Crippen LogP contribution in [0.2, 0.25) is 0 Å². The lowest BCUT2D eigenvalue weighted by Crippen LogP contribution is -2.41. The normalized spacial score (nSPS) is 20.4. The van der Waals surface area contributed by atoms with Crippen LogP contribution in [0.3, 0.4) is 0 Å². The van der Waals surface area contributed by atoms with Crippen LogP contribution in [0.5, 0.6) is 0 Å². The molecule has 1 fully saturated rings. The van der Waals surface area contributed by atoms with E-state index in [1.165, 1.54) is 4.31 Å². The van der Waals surface area contributed by atoms with E-state index < -0.39 is 16.0 Å². The van der Waals surface area contributed by atoms with Gasteiger partial charge >= 0.3 is 5.97 Å². The van der Waals surface area contributed by atoms with E-state index in [0.29, 0.717) is 19.5 Å². The number of sulfonamides is 1. The van der Waals surface area contributed by atoms with Gasteiger partial charge in [0.15, 0.2) is 0 Å². The number of carboxylic acids is 1. The quantitative estimate of drug-likeness (QED) is 0.927. The topological polar surface area (TPSA) is 74.7 Å². The third kappa shape index (κ3) is 2.70. The molecule has 1 heterocycles. The summed E-state index contributed by atoms with van der Waals surface area (Å²) < 4.78 is 26.8. The van der Waals surface area contributed by atoms with Crippen molar-refractivity contribution in [3.8, 4) is 0 Å². The van der Waals surface area contributed by atoms with Crippen molar-refractivity contribution >= 4 is 16.0 Å². The Bertz CT molecular complexity index is 662. The highest BCUT2D eigenvalue weighted by Crippen LogP contribution is 2.30. The van der Waals surface area contributed by atoms with Crippen LogP contribution < -0.4 is 0 Å². The van der Waals surface area contributed by atoms with Gasteiger partial charge in [-0.1, -0.05) is 18.9 Å². The second kappa shape index (κ2) is 5.42. The largest absolute Gasteiger partial charge is 0.478 e. The molecule has 0 unspecified atom stereocenters. The van der Waals surface area contributed by atoms with Crippen molar-refractivity contribution in [3.63, 3.8) is 0 Å². The monoisotopic (exact) mass is 309 g/mol. The summed E-state index contributed by atoms with van der Waals surface area (Å²) in [5, 5.41) is 8.80. The first-order valence-corrected chi connectivity index (χ1v) is 8.83. The lowest BCUT2D eigenvalue weighted by molar-refractivity contribution is 0.0696. The van der Waals surface area contributed by atoms with Crippen molar-refractivity contribution in [3.05, 3.63) is 34.9 Å². The van der Waals surface area contributed by atoms with Gasteiger partial charge < -0.3 is 5.11 Å². The van der Waals surface area contributed by atoms with Crippen LogP contribution in [0.25, 0.3) is 0 Å². The van der Waals surface area contributed by atoms with Gasteiger partial charge in [-0.15, -0.1) is 0 Å². The second-order valence-corrected chi connectivity index (χ2v) is 8.04. The van der Waals surface area contributed by atoms with E-state index in [0.717, 1.165) is 36.8 Å². The Morgan fingerprint density at radius 1 is 1.19 bits per heavy atom. The summed E-state index contributed by atoms with van der Waals surface area (Å²) in [6.07, 6.45) is 4.12. The number of hydrogen-bond donors (Lipinski definition) is 1. The molecule has 5 nitrogen and oxygen atoms in total. The molecule has 1 aliphatic heterocycles. The van der Waals surface area contributed by atoms with Crippen LogP contribution in [0.4, 0.5) is 0 Å².